The van der Waals surface area contributed by atoms with Crippen LogP contribution in [-0.4, -0.2) is 12.5 Å². The van der Waals surface area contributed by atoms with E-state index in [-0.39, 0.29) is 24.4 Å². The fourth-order valence-electron chi connectivity index (χ4n) is 2.87. The fourth-order valence-corrected chi connectivity index (χ4v) is 2.87. The van der Waals surface area contributed by atoms with E-state index in [0.717, 1.165) is 17.5 Å². The van der Waals surface area contributed by atoms with Crippen LogP contribution in [0.5, 0.6) is 5.75 Å². The van der Waals surface area contributed by atoms with Crippen LogP contribution < -0.4 is 10.1 Å². The lowest BCUT2D eigenvalue weighted by Crippen LogP contribution is -2.31. The highest BCUT2D eigenvalue weighted by Gasteiger charge is 2.11. The first-order chi connectivity index (χ1) is 13.1. The van der Waals surface area contributed by atoms with Crippen molar-refractivity contribution in [3.63, 3.8) is 0 Å². The zero-order chi connectivity index (χ0) is 19.1. The number of ether oxygens (including phenoxy) is 1. The van der Waals surface area contributed by atoms with Crippen molar-refractivity contribution < 1.29 is 13.9 Å². The molecule has 1 atom stereocenters. The molecule has 0 bridgehead atoms. The van der Waals surface area contributed by atoms with Gasteiger partial charge in [-0.3, -0.25) is 4.79 Å². The third kappa shape index (κ3) is 5.42. The molecule has 0 aliphatic rings. The Kier molecular flexibility index (Phi) is 6.21. The second kappa shape index (κ2) is 8.99. The molecule has 0 saturated carbocycles. The van der Waals surface area contributed by atoms with Gasteiger partial charge in [-0.05, 0) is 41.8 Å². The monoisotopic (exact) mass is 363 g/mol. The van der Waals surface area contributed by atoms with Crippen LogP contribution in [0.2, 0.25) is 0 Å². The maximum absolute atomic E-state index is 13.0. The van der Waals surface area contributed by atoms with Crippen LogP contribution in [0, 0.1) is 5.82 Å². The molecule has 0 aliphatic heterocycles. The summed E-state index contributed by atoms with van der Waals surface area (Å²) in [7, 11) is 0. The topological polar surface area (TPSA) is 38.3 Å². The molecule has 1 N–H and O–H groups in total. The summed E-state index contributed by atoms with van der Waals surface area (Å²) in [4.78, 5) is 12.2. The van der Waals surface area contributed by atoms with Crippen molar-refractivity contribution >= 4 is 5.91 Å². The highest BCUT2D eigenvalue weighted by molar-refractivity contribution is 5.78. The van der Waals surface area contributed by atoms with Gasteiger partial charge >= 0.3 is 0 Å². The maximum Gasteiger partial charge on any atom is 0.258 e. The molecule has 0 aliphatic carbocycles. The van der Waals surface area contributed by atoms with Gasteiger partial charge in [-0.15, -0.1) is 0 Å². The molecule has 0 fully saturated rings. The van der Waals surface area contributed by atoms with E-state index in [9.17, 15) is 9.18 Å². The minimum absolute atomic E-state index is 0.0721. The van der Waals surface area contributed by atoms with Crippen molar-refractivity contribution in [3.05, 3.63) is 101 Å². The van der Waals surface area contributed by atoms with E-state index in [1.54, 1.807) is 12.1 Å². The summed E-state index contributed by atoms with van der Waals surface area (Å²) in [6.07, 6.45) is 0.741. The van der Waals surface area contributed by atoms with Crippen LogP contribution in [0.15, 0.2) is 78.9 Å². The van der Waals surface area contributed by atoms with E-state index in [0.29, 0.717) is 5.75 Å². The van der Waals surface area contributed by atoms with Crippen molar-refractivity contribution in [1.29, 1.82) is 0 Å². The third-order valence-electron chi connectivity index (χ3n) is 4.32. The minimum atomic E-state index is -0.296. The van der Waals surface area contributed by atoms with Gasteiger partial charge in [-0.25, -0.2) is 4.39 Å². The summed E-state index contributed by atoms with van der Waals surface area (Å²) in [6, 6.07) is 23.7. The van der Waals surface area contributed by atoms with Crippen LogP contribution in [0.3, 0.4) is 0 Å². The molecule has 3 nitrogen and oxygen atoms in total. The Morgan fingerprint density at radius 2 is 1.63 bits per heavy atom. The molecule has 0 spiro atoms. The van der Waals surface area contributed by atoms with Crippen molar-refractivity contribution in [2.75, 3.05) is 6.61 Å². The standard InChI is InChI=1S/C23H22FNO2/c1-17(19-11-13-21(24)14-12-19)25-23(26)16-27-22-10-6-5-9-20(22)15-18-7-3-2-4-8-18/h2-14,17H,15-16H2,1H3,(H,25,26). The number of benzene rings is 3. The lowest BCUT2D eigenvalue weighted by atomic mass is 10.0. The van der Waals surface area contributed by atoms with Crippen LogP contribution in [-0.2, 0) is 11.2 Å². The molecule has 138 valence electrons. The van der Waals surface area contributed by atoms with Gasteiger partial charge in [-0.2, -0.15) is 0 Å². The summed E-state index contributed by atoms with van der Waals surface area (Å²) >= 11 is 0. The molecule has 4 heteroatoms. The maximum atomic E-state index is 13.0. The lowest BCUT2D eigenvalue weighted by Gasteiger charge is -2.16. The molecule has 0 aromatic heterocycles. The molecule has 0 saturated heterocycles. The predicted molar refractivity (Wildman–Crippen MR) is 104 cm³/mol. The highest BCUT2D eigenvalue weighted by atomic mass is 19.1. The van der Waals surface area contributed by atoms with Gasteiger partial charge in [-0.1, -0.05) is 60.7 Å². The van der Waals surface area contributed by atoms with Gasteiger partial charge in [0, 0.05) is 6.42 Å². The first-order valence-electron chi connectivity index (χ1n) is 8.91. The lowest BCUT2D eigenvalue weighted by molar-refractivity contribution is -0.123. The molecule has 1 amide bonds. The Hall–Kier alpha value is -3.14. The van der Waals surface area contributed by atoms with Crippen molar-refractivity contribution in [2.45, 2.75) is 19.4 Å². The quantitative estimate of drug-likeness (QED) is 0.662. The summed E-state index contributed by atoms with van der Waals surface area (Å²) in [5.74, 6) is 0.183. The number of carbonyl (C=O) groups excluding carboxylic acids is 1. The molecule has 27 heavy (non-hydrogen) atoms. The average molecular weight is 363 g/mol. The van der Waals surface area contributed by atoms with Crippen LogP contribution >= 0.6 is 0 Å². The number of carbonyl (C=O) groups is 1. The van der Waals surface area contributed by atoms with E-state index in [1.807, 2.05) is 49.4 Å². The summed E-state index contributed by atoms with van der Waals surface area (Å²) in [6.45, 7) is 1.78. The molecule has 0 heterocycles. The Balaban J connectivity index is 1.58. The van der Waals surface area contributed by atoms with E-state index in [4.69, 9.17) is 4.74 Å². The second-order valence-electron chi connectivity index (χ2n) is 6.40. The first-order valence-corrected chi connectivity index (χ1v) is 8.91. The number of amides is 1. The number of para-hydroxylation sites is 1. The van der Waals surface area contributed by atoms with Crippen LogP contribution in [0.1, 0.15) is 29.7 Å². The summed E-state index contributed by atoms with van der Waals surface area (Å²) in [5.41, 5.74) is 3.06. The normalized spacial score (nSPS) is 11.6. The molecule has 3 aromatic carbocycles. The van der Waals surface area contributed by atoms with Crippen LogP contribution in [0.25, 0.3) is 0 Å². The van der Waals surface area contributed by atoms with Gasteiger partial charge in [0.15, 0.2) is 6.61 Å². The summed E-state index contributed by atoms with van der Waals surface area (Å²) in [5, 5.41) is 2.87. The van der Waals surface area contributed by atoms with Gasteiger partial charge in [0.25, 0.3) is 5.91 Å². The van der Waals surface area contributed by atoms with E-state index in [1.165, 1.54) is 17.7 Å². The molecule has 3 rings (SSSR count). The second-order valence-corrected chi connectivity index (χ2v) is 6.40. The molecular weight excluding hydrogens is 341 g/mol. The third-order valence-corrected chi connectivity index (χ3v) is 4.32. The molecule has 0 radical (unpaired) electrons. The Labute approximate surface area is 158 Å². The van der Waals surface area contributed by atoms with Crippen molar-refractivity contribution in [2.24, 2.45) is 0 Å². The van der Waals surface area contributed by atoms with Gasteiger partial charge in [0.2, 0.25) is 0 Å². The number of hydrogen-bond donors (Lipinski definition) is 1. The van der Waals surface area contributed by atoms with Gasteiger partial charge in [0.05, 0.1) is 6.04 Å². The Bertz CT molecular complexity index is 878. The van der Waals surface area contributed by atoms with E-state index in [2.05, 4.69) is 17.4 Å². The number of nitrogens with one attached hydrogen (secondary N) is 1. The minimum Gasteiger partial charge on any atom is -0.483 e. The zero-order valence-electron chi connectivity index (χ0n) is 15.2. The average Bonchev–Trinajstić information content (AvgIpc) is 2.68. The Morgan fingerprint density at radius 3 is 2.37 bits per heavy atom. The van der Waals surface area contributed by atoms with Crippen LogP contribution in [0.4, 0.5) is 4.39 Å². The van der Waals surface area contributed by atoms with Crippen molar-refractivity contribution in [1.82, 2.24) is 5.32 Å². The molecular formula is C23H22FNO2. The Morgan fingerprint density at radius 1 is 0.963 bits per heavy atom. The van der Waals surface area contributed by atoms with Gasteiger partial charge < -0.3 is 10.1 Å². The predicted octanol–water partition coefficient (Wildman–Crippen LogP) is 4.67. The van der Waals surface area contributed by atoms with Gasteiger partial charge in [0.1, 0.15) is 11.6 Å². The SMILES string of the molecule is CC(NC(=O)COc1ccccc1Cc1ccccc1)c1ccc(F)cc1. The zero-order valence-corrected chi connectivity index (χ0v) is 15.2. The highest BCUT2D eigenvalue weighted by Crippen LogP contribution is 2.21. The number of halogens is 1. The van der Waals surface area contributed by atoms with E-state index < -0.39 is 0 Å². The number of rotatable bonds is 7. The largest absolute Gasteiger partial charge is 0.483 e. The van der Waals surface area contributed by atoms with E-state index >= 15 is 0 Å². The first kappa shape index (κ1) is 18.6. The molecule has 3 aromatic rings. The van der Waals surface area contributed by atoms with Crippen molar-refractivity contribution in [3.8, 4) is 5.75 Å². The fraction of sp³-hybridized carbons (Fsp3) is 0.174. The summed E-state index contributed by atoms with van der Waals surface area (Å²) < 4.78 is 18.8. The smallest absolute Gasteiger partial charge is 0.258 e. The number of hydrogen-bond acceptors (Lipinski definition) is 2. The molecule has 1 unspecified atom stereocenters.